The van der Waals surface area contributed by atoms with Crippen molar-refractivity contribution in [3.05, 3.63) is 24.0 Å². The molecule has 0 spiro atoms. The Morgan fingerprint density at radius 3 is 2.38 bits per heavy atom. The summed E-state index contributed by atoms with van der Waals surface area (Å²) < 4.78 is 11.7. The maximum atomic E-state index is 6.00. The largest absolute Gasteiger partial charge is 0.489 e. The fourth-order valence-corrected chi connectivity index (χ4v) is 2.46. The van der Waals surface area contributed by atoms with Crippen LogP contribution in [0.3, 0.4) is 0 Å². The molecule has 0 fully saturated rings. The van der Waals surface area contributed by atoms with Gasteiger partial charge in [-0.1, -0.05) is 20.8 Å². The summed E-state index contributed by atoms with van der Waals surface area (Å²) in [4.78, 5) is 4.31. The van der Waals surface area contributed by atoms with Crippen molar-refractivity contribution in [2.24, 2.45) is 5.41 Å². The lowest BCUT2D eigenvalue weighted by molar-refractivity contribution is -0.0351. The molecule has 2 atom stereocenters. The average Bonchev–Trinajstić information content (AvgIpc) is 2.37. The van der Waals surface area contributed by atoms with E-state index < -0.39 is 0 Å². The molecule has 0 radical (unpaired) electrons. The zero-order valence-electron chi connectivity index (χ0n) is 14.4. The van der Waals surface area contributed by atoms with Gasteiger partial charge in [0.05, 0.1) is 24.4 Å². The molecule has 4 nitrogen and oxygen atoms in total. The van der Waals surface area contributed by atoms with Crippen molar-refractivity contribution in [1.82, 2.24) is 10.3 Å². The number of ether oxygens (including phenoxy) is 2. The smallest absolute Gasteiger partial charge is 0.138 e. The summed E-state index contributed by atoms with van der Waals surface area (Å²) in [6.45, 7) is 13.3. The topological polar surface area (TPSA) is 43.4 Å². The number of aromatic nitrogens is 1. The lowest BCUT2D eigenvalue weighted by Crippen LogP contribution is -2.41. The van der Waals surface area contributed by atoms with Crippen molar-refractivity contribution in [1.29, 1.82) is 0 Å². The average molecular weight is 294 g/mol. The Kier molecular flexibility index (Phi) is 6.62. The highest BCUT2D eigenvalue weighted by Gasteiger charge is 2.33. The number of hydrogen-bond acceptors (Lipinski definition) is 4. The molecule has 1 aromatic rings. The van der Waals surface area contributed by atoms with E-state index in [4.69, 9.17) is 9.47 Å². The lowest BCUT2D eigenvalue weighted by atomic mass is 9.82. The SMILES string of the molecule is CCOC(C(NC)c1cncc(OC(C)C)c1)C(C)(C)C. The van der Waals surface area contributed by atoms with Crippen molar-refractivity contribution < 1.29 is 9.47 Å². The van der Waals surface area contributed by atoms with Crippen LogP contribution >= 0.6 is 0 Å². The van der Waals surface area contributed by atoms with E-state index in [0.29, 0.717) is 6.61 Å². The third-order valence-electron chi connectivity index (χ3n) is 3.28. The Bertz CT molecular complexity index is 427. The molecule has 1 N–H and O–H groups in total. The minimum atomic E-state index is 0.0264. The van der Waals surface area contributed by atoms with Gasteiger partial charge in [0.15, 0.2) is 0 Å². The first-order valence-electron chi connectivity index (χ1n) is 7.70. The van der Waals surface area contributed by atoms with Crippen LogP contribution in [0.15, 0.2) is 18.5 Å². The van der Waals surface area contributed by atoms with E-state index in [9.17, 15) is 0 Å². The molecule has 0 saturated carbocycles. The maximum absolute atomic E-state index is 6.00. The van der Waals surface area contributed by atoms with Crippen LogP contribution in [0.4, 0.5) is 0 Å². The van der Waals surface area contributed by atoms with Crippen LogP contribution < -0.4 is 10.1 Å². The predicted octanol–water partition coefficient (Wildman–Crippen LogP) is 3.58. The van der Waals surface area contributed by atoms with Crippen LogP contribution in [0.2, 0.25) is 0 Å². The van der Waals surface area contributed by atoms with Crippen molar-refractivity contribution in [3.63, 3.8) is 0 Å². The van der Waals surface area contributed by atoms with Gasteiger partial charge in [0.1, 0.15) is 5.75 Å². The number of hydrogen-bond donors (Lipinski definition) is 1. The zero-order chi connectivity index (χ0) is 16.0. The van der Waals surface area contributed by atoms with Crippen LogP contribution in [-0.4, -0.2) is 30.8 Å². The van der Waals surface area contributed by atoms with E-state index in [2.05, 4.69) is 31.1 Å². The molecule has 120 valence electrons. The van der Waals surface area contributed by atoms with Crippen LogP contribution in [0, 0.1) is 5.41 Å². The first-order chi connectivity index (χ1) is 9.79. The molecular formula is C17H30N2O2. The van der Waals surface area contributed by atoms with Crippen LogP contribution in [0.5, 0.6) is 5.75 Å². The van der Waals surface area contributed by atoms with Crippen LogP contribution in [-0.2, 0) is 4.74 Å². The summed E-state index contributed by atoms with van der Waals surface area (Å²) in [6.07, 6.45) is 3.83. The highest BCUT2D eigenvalue weighted by molar-refractivity contribution is 5.27. The molecule has 0 amide bonds. The first-order valence-corrected chi connectivity index (χ1v) is 7.70. The minimum Gasteiger partial charge on any atom is -0.489 e. The van der Waals surface area contributed by atoms with Gasteiger partial charge in [-0.15, -0.1) is 0 Å². The Morgan fingerprint density at radius 2 is 1.90 bits per heavy atom. The number of pyridine rings is 1. The molecule has 0 aliphatic heterocycles. The fourth-order valence-electron chi connectivity index (χ4n) is 2.46. The van der Waals surface area contributed by atoms with Crippen LogP contribution in [0.25, 0.3) is 0 Å². The molecule has 1 heterocycles. The van der Waals surface area contributed by atoms with Crippen LogP contribution in [0.1, 0.15) is 53.1 Å². The summed E-state index contributed by atoms with van der Waals surface area (Å²) >= 11 is 0. The third-order valence-corrected chi connectivity index (χ3v) is 3.28. The van der Waals surface area contributed by atoms with Gasteiger partial charge in [-0.05, 0) is 44.9 Å². The van der Waals surface area contributed by atoms with E-state index >= 15 is 0 Å². The van der Waals surface area contributed by atoms with Gasteiger partial charge in [0.2, 0.25) is 0 Å². The number of nitrogens with zero attached hydrogens (tertiary/aromatic N) is 1. The molecule has 0 saturated heterocycles. The normalized spacial score (nSPS) is 15.0. The summed E-state index contributed by atoms with van der Waals surface area (Å²) in [5.74, 6) is 0.798. The van der Waals surface area contributed by atoms with Gasteiger partial charge in [-0.2, -0.15) is 0 Å². The second kappa shape index (κ2) is 7.76. The molecule has 2 unspecified atom stereocenters. The van der Waals surface area contributed by atoms with E-state index in [0.717, 1.165) is 11.3 Å². The molecule has 1 rings (SSSR count). The number of likely N-dealkylation sites (N-methyl/N-ethyl adjacent to an activating group) is 1. The van der Waals surface area contributed by atoms with E-state index in [1.165, 1.54) is 0 Å². The minimum absolute atomic E-state index is 0.0264. The van der Waals surface area contributed by atoms with Gasteiger partial charge < -0.3 is 14.8 Å². The third kappa shape index (κ3) is 5.29. The van der Waals surface area contributed by atoms with Crippen molar-refractivity contribution in [2.45, 2.75) is 59.8 Å². The van der Waals surface area contributed by atoms with E-state index in [1.54, 1.807) is 6.20 Å². The Labute approximate surface area is 129 Å². The number of nitrogens with one attached hydrogen (secondary N) is 1. The Morgan fingerprint density at radius 1 is 1.24 bits per heavy atom. The van der Waals surface area contributed by atoms with E-state index in [-0.39, 0.29) is 23.7 Å². The predicted molar refractivity (Wildman–Crippen MR) is 86.7 cm³/mol. The highest BCUT2D eigenvalue weighted by atomic mass is 16.5. The molecule has 4 heteroatoms. The summed E-state index contributed by atoms with van der Waals surface area (Å²) in [6, 6.07) is 2.12. The monoisotopic (exact) mass is 294 g/mol. The fraction of sp³-hybridized carbons (Fsp3) is 0.706. The van der Waals surface area contributed by atoms with Gasteiger partial charge in [-0.25, -0.2) is 0 Å². The Hall–Kier alpha value is -1.13. The molecule has 0 aliphatic rings. The maximum Gasteiger partial charge on any atom is 0.138 e. The molecule has 0 aliphatic carbocycles. The summed E-state index contributed by atoms with van der Waals surface area (Å²) in [5, 5.41) is 3.37. The Balaban J connectivity index is 3.07. The van der Waals surface area contributed by atoms with Gasteiger partial charge in [0.25, 0.3) is 0 Å². The van der Waals surface area contributed by atoms with Crippen molar-refractivity contribution in [3.8, 4) is 5.75 Å². The highest BCUT2D eigenvalue weighted by Crippen LogP contribution is 2.33. The zero-order valence-corrected chi connectivity index (χ0v) is 14.4. The molecule has 21 heavy (non-hydrogen) atoms. The van der Waals surface area contributed by atoms with E-state index in [1.807, 2.05) is 40.1 Å². The first kappa shape index (κ1) is 17.9. The van der Waals surface area contributed by atoms with Crippen molar-refractivity contribution >= 4 is 0 Å². The van der Waals surface area contributed by atoms with Gasteiger partial charge >= 0.3 is 0 Å². The van der Waals surface area contributed by atoms with Gasteiger partial charge in [-0.3, -0.25) is 4.98 Å². The second-order valence-corrected chi connectivity index (χ2v) is 6.63. The van der Waals surface area contributed by atoms with Gasteiger partial charge in [0, 0.05) is 12.8 Å². The summed E-state index contributed by atoms with van der Waals surface area (Å²) in [7, 11) is 1.96. The summed E-state index contributed by atoms with van der Waals surface area (Å²) in [5.41, 5.74) is 1.11. The quantitative estimate of drug-likeness (QED) is 0.834. The standard InChI is InChI=1S/C17H30N2O2/c1-8-20-16(17(4,5)6)15(18-7)13-9-14(11-19-10-13)21-12(2)3/h9-12,15-16,18H,8H2,1-7H3. The molecule has 0 bridgehead atoms. The van der Waals surface area contributed by atoms with Crippen molar-refractivity contribution in [2.75, 3.05) is 13.7 Å². The second-order valence-electron chi connectivity index (χ2n) is 6.63. The molecular weight excluding hydrogens is 264 g/mol. The molecule has 1 aromatic heterocycles. The molecule has 0 aromatic carbocycles. The lowest BCUT2D eigenvalue weighted by Gasteiger charge is -2.36. The number of rotatable bonds is 7.